The maximum absolute atomic E-state index is 15.8. The Bertz CT molecular complexity index is 3220. The van der Waals surface area contributed by atoms with Crippen molar-refractivity contribution in [2.75, 3.05) is 39.6 Å². The first kappa shape index (κ1) is 91.6. The molecule has 35 heteroatoms. The van der Waals surface area contributed by atoms with Gasteiger partial charge in [-0.2, -0.15) is 0 Å². The summed E-state index contributed by atoms with van der Waals surface area (Å²) in [4.78, 5) is 30.4. The zero-order valence-corrected chi connectivity index (χ0v) is 67.6. The second-order valence-electron chi connectivity index (χ2n) is 36.9. The molecular weight excluding hydrogens is 1520 g/mol. The number of hydrogen-bond donors (Lipinski definition) is 19. The van der Waals surface area contributed by atoms with Crippen molar-refractivity contribution in [1.29, 1.82) is 0 Å². The van der Waals surface area contributed by atoms with Gasteiger partial charge in [0.15, 0.2) is 49.9 Å². The number of nitrogens with one attached hydrogen (secondary N) is 1. The van der Waals surface area contributed by atoms with E-state index in [0.29, 0.717) is 51.4 Å². The molecule has 0 aromatic rings. The van der Waals surface area contributed by atoms with Crippen LogP contribution in [-0.2, 0) is 75.9 Å². The minimum atomic E-state index is -2.09. The summed E-state index contributed by atoms with van der Waals surface area (Å²) >= 11 is 0. The third kappa shape index (κ3) is 17.7. The van der Waals surface area contributed by atoms with Gasteiger partial charge >= 0.3 is 5.97 Å². The summed E-state index contributed by atoms with van der Waals surface area (Å²) in [5, 5.41) is 204. The largest absolute Gasteiger partial charge is 0.432 e. The molecule has 662 valence electrons. The molecule has 0 aromatic carbocycles. The number of esters is 1. The lowest BCUT2D eigenvalue weighted by atomic mass is 9.34. The van der Waals surface area contributed by atoms with Crippen LogP contribution >= 0.6 is 0 Å². The van der Waals surface area contributed by atoms with Gasteiger partial charge < -0.3 is 164 Å². The molecule has 12 rings (SSSR count). The Balaban J connectivity index is 0.761. The number of carbonyl (C=O) groups is 2. The van der Waals surface area contributed by atoms with Gasteiger partial charge in [-0.3, -0.25) is 9.59 Å². The molecule has 7 heterocycles. The first-order chi connectivity index (χ1) is 54.3. The average molecular weight is 1650 g/mol. The summed E-state index contributed by atoms with van der Waals surface area (Å²) in [6.45, 7) is 15.1. The number of rotatable bonds is 28. The van der Waals surface area contributed by atoms with Crippen LogP contribution in [0.1, 0.15) is 184 Å². The second-order valence-corrected chi connectivity index (χ2v) is 36.9. The summed E-state index contributed by atoms with van der Waals surface area (Å²) in [5.41, 5.74) is -4.69. The molecule has 0 radical (unpaired) electrons. The number of unbranched alkanes of at least 4 members (excludes halogenated alkanes) is 9. The lowest BCUT2D eigenvalue weighted by molar-refractivity contribution is -0.389. The van der Waals surface area contributed by atoms with Crippen LogP contribution < -0.4 is 5.32 Å². The van der Waals surface area contributed by atoms with Crippen LogP contribution in [-0.4, -0.2) is 346 Å². The van der Waals surface area contributed by atoms with Crippen molar-refractivity contribution in [3.8, 4) is 0 Å². The molecule has 7 aliphatic heterocycles. The fourth-order valence-corrected chi connectivity index (χ4v) is 21.6. The summed E-state index contributed by atoms with van der Waals surface area (Å²) in [7, 11) is 0. The SMILES string of the molecule is CCCCCCCCCCCCNC(=O)C1OC(O[C@H]2CC[C@@]3(C)C(CC[C@]4(C)C3CC=C3C5CC(C)(C)CC[C@]5(C(=O)OC5OC(C)C(O)C(O)C5OC5OC(C)C(OC6OC[C@H](O)C(OC7OCC(O)(CO)C7O)C6O)C(O)C5O)[C@H](O)C[C@]34C)[C@H]2C)C(OC2OC(CO)C(O)C(O)C2O)C(OC2OCC(O)C(O)C2O)C1O. The van der Waals surface area contributed by atoms with Gasteiger partial charge in [-0.25, -0.2) is 0 Å². The fourth-order valence-electron chi connectivity index (χ4n) is 21.6. The highest BCUT2D eigenvalue weighted by Gasteiger charge is 2.72. The van der Waals surface area contributed by atoms with Crippen LogP contribution in [0.5, 0.6) is 0 Å². The van der Waals surface area contributed by atoms with Crippen molar-refractivity contribution in [3.63, 3.8) is 0 Å². The summed E-state index contributed by atoms with van der Waals surface area (Å²) in [6.07, 6.45) is -36.8. The Labute approximate surface area is 671 Å². The van der Waals surface area contributed by atoms with E-state index in [1.807, 2.05) is 0 Å². The van der Waals surface area contributed by atoms with Crippen LogP contribution in [0.2, 0.25) is 0 Å². The van der Waals surface area contributed by atoms with Crippen molar-refractivity contribution < 1.29 is 168 Å². The van der Waals surface area contributed by atoms with Crippen LogP contribution in [0, 0.1) is 50.7 Å². The smallest absolute Gasteiger partial charge is 0.317 e. The van der Waals surface area contributed by atoms with Gasteiger partial charge in [0.25, 0.3) is 5.91 Å². The fraction of sp³-hybridized carbons (Fsp3) is 0.950. The van der Waals surface area contributed by atoms with Crippen LogP contribution in [0.3, 0.4) is 0 Å². The second kappa shape index (κ2) is 37.1. The predicted octanol–water partition coefficient (Wildman–Crippen LogP) is -1.96. The maximum Gasteiger partial charge on any atom is 0.317 e. The minimum absolute atomic E-state index is 0.0257. The zero-order valence-electron chi connectivity index (χ0n) is 67.6. The molecular formula is C80H133NO34. The number of aliphatic hydroxyl groups is 18. The molecule has 0 spiro atoms. The van der Waals surface area contributed by atoms with Gasteiger partial charge in [-0.15, -0.1) is 0 Å². The van der Waals surface area contributed by atoms with Gasteiger partial charge in [-0.05, 0) is 123 Å². The van der Waals surface area contributed by atoms with Crippen molar-refractivity contribution in [3.05, 3.63) is 11.6 Å². The molecule has 19 N–H and O–H groups in total. The maximum atomic E-state index is 15.8. The van der Waals surface area contributed by atoms with Crippen molar-refractivity contribution in [1.82, 2.24) is 5.32 Å². The number of hydrogen-bond acceptors (Lipinski definition) is 34. The third-order valence-electron chi connectivity index (χ3n) is 29.1. The molecule has 35 nitrogen and oxygen atoms in total. The quantitative estimate of drug-likeness (QED) is 0.0175. The Morgan fingerprint density at radius 3 is 1.78 bits per heavy atom. The Kier molecular flexibility index (Phi) is 29.6. The first-order valence-corrected chi connectivity index (χ1v) is 42.1. The monoisotopic (exact) mass is 1650 g/mol. The predicted molar refractivity (Wildman–Crippen MR) is 394 cm³/mol. The molecule has 5 aliphatic carbocycles. The normalized spacial score (nSPS) is 50.6. The van der Waals surface area contributed by atoms with E-state index < -0.39 is 275 Å². The van der Waals surface area contributed by atoms with Gasteiger partial charge in [0, 0.05) is 6.54 Å². The Morgan fingerprint density at radius 2 is 1.11 bits per heavy atom. The molecule has 4 saturated carbocycles. The van der Waals surface area contributed by atoms with E-state index in [-0.39, 0.29) is 42.6 Å². The van der Waals surface area contributed by atoms with E-state index in [4.69, 9.17) is 66.3 Å². The van der Waals surface area contributed by atoms with E-state index in [1.165, 1.54) is 39.5 Å². The van der Waals surface area contributed by atoms with E-state index in [9.17, 15) is 96.7 Å². The number of fused-ring (bicyclic) bond motifs is 7. The molecule has 12 aliphatic rings. The van der Waals surface area contributed by atoms with Crippen molar-refractivity contribution in [2.24, 2.45) is 50.7 Å². The third-order valence-corrected chi connectivity index (χ3v) is 29.1. The lowest BCUT2D eigenvalue weighted by Gasteiger charge is -2.70. The van der Waals surface area contributed by atoms with E-state index in [1.54, 1.807) is 0 Å². The Hall–Kier alpha value is -2.56. The Morgan fingerprint density at radius 1 is 0.522 bits per heavy atom. The van der Waals surface area contributed by atoms with Crippen LogP contribution in [0.4, 0.5) is 0 Å². The molecule has 115 heavy (non-hydrogen) atoms. The number of carbonyl (C=O) groups excluding carboxylic acids is 2. The lowest BCUT2D eigenvalue weighted by Crippen LogP contribution is -2.69. The molecule has 11 fully saturated rings. The van der Waals surface area contributed by atoms with E-state index in [2.05, 4.69) is 59.9 Å². The van der Waals surface area contributed by atoms with Crippen LogP contribution in [0.25, 0.3) is 0 Å². The number of aliphatic hydroxyl groups excluding tert-OH is 17. The van der Waals surface area contributed by atoms with Crippen LogP contribution in [0.15, 0.2) is 11.6 Å². The van der Waals surface area contributed by atoms with Crippen molar-refractivity contribution in [2.45, 2.75) is 387 Å². The van der Waals surface area contributed by atoms with Gasteiger partial charge in [0.2, 0.25) is 6.29 Å². The zero-order chi connectivity index (χ0) is 83.5. The minimum Gasteiger partial charge on any atom is -0.432 e. The topological polar surface area (TPSA) is 540 Å². The number of ether oxygens (including phenoxy) is 14. The summed E-state index contributed by atoms with van der Waals surface area (Å²) < 4.78 is 85.5. The highest BCUT2D eigenvalue weighted by atomic mass is 16.8. The molecule has 7 saturated heterocycles. The van der Waals surface area contributed by atoms with Gasteiger partial charge in [0.1, 0.15) is 127 Å². The summed E-state index contributed by atoms with van der Waals surface area (Å²) in [6, 6.07) is 0. The average Bonchev–Trinajstić information content (AvgIpc) is 0.913. The molecule has 41 atom stereocenters. The number of amides is 1. The first-order valence-electron chi connectivity index (χ1n) is 42.1. The van der Waals surface area contributed by atoms with Gasteiger partial charge in [-0.1, -0.05) is 118 Å². The molecule has 1 amide bonds. The van der Waals surface area contributed by atoms with Gasteiger partial charge in [0.05, 0.1) is 57.5 Å². The van der Waals surface area contributed by atoms with E-state index >= 15 is 4.79 Å². The number of allylic oxidation sites excluding steroid dienone is 2. The van der Waals surface area contributed by atoms with E-state index in [0.717, 1.165) is 37.7 Å². The highest BCUT2D eigenvalue weighted by Crippen LogP contribution is 2.75. The molecule has 33 unspecified atom stereocenters. The molecule has 0 bridgehead atoms. The standard InChI is InChI=1S/C80H133NO34/c1-10-11-12-13-14-15-16-17-18-19-28-81-66(99)62-57(96)61(111-67-54(93)49(88)42(84)32-102-67)64(114-70-55(94)51(90)50(89)45(31-82)108-70)72(112-62)107-44-23-24-76(7)39(36(44)2)22-25-77(8)46(76)21-20-40-41-29-75(5,6)26-27-80(41,47(86)30-78(40,77)9)74(100)115-71-63(52(91)48(87)37(3)105-71)113-69-56(95)53(92)59(38(4)106-69)109-68-58(97)60(43(85)33-103-68)110-73-65(98)79(101,34-83)35-104-73/h20,36-39,41-65,67-73,82-98,101H,10-19,21-35H2,1-9H3,(H,81,99)/t36-,37?,38?,39?,41?,42?,43+,44+,45?,46?,47-,48?,49?,50?,51?,52?,53?,54?,55?,56?,57?,58?,59?,60?,61?,62?,63?,64?,65?,67?,68?,69?,70?,71?,72?,73?,76+,77-,78-,79?,80-/m1/s1. The summed E-state index contributed by atoms with van der Waals surface area (Å²) in [5.74, 6) is -2.55. The van der Waals surface area contributed by atoms with Crippen molar-refractivity contribution >= 4 is 11.9 Å². The highest BCUT2D eigenvalue weighted by molar-refractivity contribution is 5.82. The molecule has 0 aromatic heterocycles.